The maximum absolute atomic E-state index is 8.86. The Morgan fingerprint density at radius 3 is 2.71 bits per heavy atom. The minimum atomic E-state index is 0.0846. The fourth-order valence-electron chi connectivity index (χ4n) is 2.08. The summed E-state index contributed by atoms with van der Waals surface area (Å²) < 4.78 is 2.60. The number of hydrogen-bond acceptors (Lipinski definition) is 2. The van der Waals surface area contributed by atoms with Crippen molar-refractivity contribution in [1.82, 2.24) is 0 Å². The van der Waals surface area contributed by atoms with Crippen LogP contribution in [0, 0.1) is 0 Å². The van der Waals surface area contributed by atoms with E-state index in [0.717, 1.165) is 0 Å². The molecule has 2 heteroatoms. The third kappa shape index (κ3) is 1.75. The topological polar surface area (TPSA) is 20.2 Å². The molecule has 0 bridgehead atoms. The molecule has 0 aliphatic carbocycles. The van der Waals surface area contributed by atoms with Crippen molar-refractivity contribution < 1.29 is 5.11 Å². The highest BCUT2D eigenvalue weighted by Gasteiger charge is 2.05. The molecule has 3 aromatic rings. The molecule has 0 radical (unpaired) electrons. The first kappa shape index (κ1) is 10.5. The predicted octanol–water partition coefficient (Wildman–Crippen LogP) is 4.06. The van der Waals surface area contributed by atoms with Gasteiger partial charge in [-0.05, 0) is 11.6 Å². The van der Waals surface area contributed by atoms with Gasteiger partial charge in [-0.25, -0.2) is 0 Å². The summed E-state index contributed by atoms with van der Waals surface area (Å²) in [6.45, 7) is 0.0846. The molecular formula is C15H12OS. The quantitative estimate of drug-likeness (QED) is 0.716. The number of benzene rings is 2. The van der Waals surface area contributed by atoms with E-state index < -0.39 is 0 Å². The molecular weight excluding hydrogens is 228 g/mol. The Morgan fingerprint density at radius 1 is 1.00 bits per heavy atom. The minimum absolute atomic E-state index is 0.0846. The zero-order chi connectivity index (χ0) is 11.7. The molecule has 1 heterocycles. The Balaban J connectivity index is 2.35. The van der Waals surface area contributed by atoms with Crippen molar-refractivity contribution in [3.63, 3.8) is 0 Å². The van der Waals surface area contributed by atoms with E-state index in [9.17, 15) is 0 Å². The highest BCUT2D eigenvalue weighted by molar-refractivity contribution is 7.26. The number of fused-ring (bicyclic) bond motifs is 3. The van der Waals surface area contributed by atoms with Crippen LogP contribution < -0.4 is 0 Å². The van der Waals surface area contributed by atoms with E-state index in [1.807, 2.05) is 6.08 Å². The summed E-state index contributed by atoms with van der Waals surface area (Å²) in [4.78, 5) is 0. The van der Waals surface area contributed by atoms with Gasteiger partial charge in [0.15, 0.2) is 0 Å². The summed E-state index contributed by atoms with van der Waals surface area (Å²) in [5.74, 6) is 0. The predicted molar refractivity (Wildman–Crippen MR) is 75.5 cm³/mol. The number of aliphatic hydroxyl groups is 1. The number of rotatable bonds is 2. The summed E-state index contributed by atoms with van der Waals surface area (Å²) in [6, 6.07) is 14.8. The molecule has 84 valence electrons. The van der Waals surface area contributed by atoms with Crippen LogP contribution in [0.25, 0.3) is 26.2 Å². The van der Waals surface area contributed by atoms with Crippen LogP contribution in [0.4, 0.5) is 0 Å². The molecule has 1 aromatic heterocycles. The SMILES string of the molecule is OC/C=C/c1cccc2c1sc1ccccc12. The smallest absolute Gasteiger partial charge is 0.0615 e. The van der Waals surface area contributed by atoms with Crippen LogP contribution in [-0.4, -0.2) is 11.7 Å². The summed E-state index contributed by atoms with van der Waals surface area (Å²) in [5.41, 5.74) is 1.18. The molecule has 1 N–H and O–H groups in total. The zero-order valence-electron chi connectivity index (χ0n) is 9.26. The first-order chi connectivity index (χ1) is 8.40. The van der Waals surface area contributed by atoms with Crippen LogP contribution in [0.1, 0.15) is 5.56 Å². The average Bonchev–Trinajstić information content (AvgIpc) is 2.75. The average molecular weight is 240 g/mol. The van der Waals surface area contributed by atoms with Crippen LogP contribution in [0.5, 0.6) is 0 Å². The number of hydrogen-bond donors (Lipinski definition) is 1. The second kappa shape index (κ2) is 4.32. The lowest BCUT2D eigenvalue weighted by Crippen LogP contribution is -1.75. The van der Waals surface area contributed by atoms with E-state index >= 15 is 0 Å². The van der Waals surface area contributed by atoms with Crippen molar-refractivity contribution in [2.24, 2.45) is 0 Å². The molecule has 3 rings (SSSR count). The lowest BCUT2D eigenvalue weighted by atomic mass is 10.1. The molecule has 0 amide bonds. The summed E-state index contributed by atoms with van der Waals surface area (Å²) in [5, 5.41) is 11.5. The van der Waals surface area contributed by atoms with Gasteiger partial charge in [0, 0.05) is 20.2 Å². The molecule has 0 aliphatic heterocycles. The van der Waals surface area contributed by atoms with Crippen molar-refractivity contribution in [2.75, 3.05) is 6.61 Å². The van der Waals surface area contributed by atoms with E-state index in [1.165, 1.54) is 25.7 Å². The van der Waals surface area contributed by atoms with Gasteiger partial charge in [-0.1, -0.05) is 48.6 Å². The Bertz CT molecular complexity index is 694. The van der Waals surface area contributed by atoms with E-state index in [2.05, 4.69) is 42.5 Å². The second-order valence-corrected chi connectivity index (χ2v) is 4.96. The van der Waals surface area contributed by atoms with Gasteiger partial charge in [0.1, 0.15) is 0 Å². The Morgan fingerprint density at radius 2 is 1.82 bits per heavy atom. The fraction of sp³-hybridized carbons (Fsp3) is 0.0667. The van der Waals surface area contributed by atoms with Gasteiger partial charge in [-0.2, -0.15) is 0 Å². The van der Waals surface area contributed by atoms with Gasteiger partial charge in [0.05, 0.1) is 6.61 Å². The maximum Gasteiger partial charge on any atom is 0.0615 e. The Labute approximate surface area is 104 Å². The van der Waals surface area contributed by atoms with Gasteiger partial charge in [0.2, 0.25) is 0 Å². The van der Waals surface area contributed by atoms with E-state index in [1.54, 1.807) is 17.4 Å². The fourth-order valence-corrected chi connectivity index (χ4v) is 3.28. The monoisotopic (exact) mass is 240 g/mol. The molecule has 17 heavy (non-hydrogen) atoms. The van der Waals surface area contributed by atoms with Gasteiger partial charge in [0.25, 0.3) is 0 Å². The van der Waals surface area contributed by atoms with Gasteiger partial charge in [-0.15, -0.1) is 11.3 Å². The van der Waals surface area contributed by atoms with Crippen LogP contribution in [0.3, 0.4) is 0 Å². The van der Waals surface area contributed by atoms with Gasteiger partial charge >= 0.3 is 0 Å². The van der Waals surface area contributed by atoms with Crippen LogP contribution in [-0.2, 0) is 0 Å². The summed E-state index contributed by atoms with van der Waals surface area (Å²) in [6.07, 6.45) is 3.76. The normalized spacial score (nSPS) is 11.8. The largest absolute Gasteiger partial charge is 0.392 e. The molecule has 0 saturated carbocycles. The van der Waals surface area contributed by atoms with Gasteiger partial charge in [-0.3, -0.25) is 0 Å². The molecule has 0 aliphatic rings. The standard InChI is InChI=1S/C15H12OS/c16-10-4-6-11-5-3-8-13-12-7-1-2-9-14(12)17-15(11)13/h1-9,16H,10H2/b6-4+. The van der Waals surface area contributed by atoms with Crippen molar-refractivity contribution in [2.45, 2.75) is 0 Å². The number of aliphatic hydroxyl groups excluding tert-OH is 1. The molecule has 0 spiro atoms. The molecule has 0 fully saturated rings. The maximum atomic E-state index is 8.86. The highest BCUT2D eigenvalue weighted by Crippen LogP contribution is 2.35. The van der Waals surface area contributed by atoms with E-state index in [0.29, 0.717) is 0 Å². The first-order valence-corrected chi connectivity index (χ1v) is 6.39. The molecule has 1 nitrogen and oxygen atoms in total. The van der Waals surface area contributed by atoms with E-state index in [4.69, 9.17) is 5.11 Å². The summed E-state index contributed by atoms with van der Waals surface area (Å²) >= 11 is 1.81. The zero-order valence-corrected chi connectivity index (χ0v) is 10.1. The van der Waals surface area contributed by atoms with Crippen LogP contribution in [0.15, 0.2) is 48.5 Å². The van der Waals surface area contributed by atoms with Crippen molar-refractivity contribution in [3.05, 3.63) is 54.1 Å². The van der Waals surface area contributed by atoms with Crippen molar-refractivity contribution in [3.8, 4) is 0 Å². The molecule has 0 atom stereocenters. The third-order valence-electron chi connectivity index (χ3n) is 2.84. The molecule has 0 unspecified atom stereocenters. The Kier molecular flexibility index (Phi) is 2.67. The van der Waals surface area contributed by atoms with Crippen LogP contribution in [0.2, 0.25) is 0 Å². The first-order valence-electron chi connectivity index (χ1n) is 5.58. The Hall–Kier alpha value is -1.64. The van der Waals surface area contributed by atoms with E-state index in [-0.39, 0.29) is 6.61 Å². The lowest BCUT2D eigenvalue weighted by Gasteiger charge is -1.95. The lowest BCUT2D eigenvalue weighted by molar-refractivity contribution is 0.343. The molecule has 2 aromatic carbocycles. The number of thiophene rings is 1. The molecule has 0 saturated heterocycles. The van der Waals surface area contributed by atoms with Crippen molar-refractivity contribution >= 4 is 37.6 Å². The van der Waals surface area contributed by atoms with Crippen LogP contribution >= 0.6 is 11.3 Å². The minimum Gasteiger partial charge on any atom is -0.392 e. The van der Waals surface area contributed by atoms with Crippen molar-refractivity contribution in [1.29, 1.82) is 0 Å². The third-order valence-corrected chi connectivity index (χ3v) is 4.07. The second-order valence-electron chi connectivity index (χ2n) is 3.91. The summed E-state index contributed by atoms with van der Waals surface area (Å²) in [7, 11) is 0. The van der Waals surface area contributed by atoms with Gasteiger partial charge < -0.3 is 5.11 Å². The highest BCUT2D eigenvalue weighted by atomic mass is 32.1.